The highest BCUT2D eigenvalue weighted by atomic mass is 79.9. The van der Waals surface area contributed by atoms with E-state index < -0.39 is 0 Å². The lowest BCUT2D eigenvalue weighted by Crippen LogP contribution is -2.07. The van der Waals surface area contributed by atoms with Crippen LogP contribution in [0.2, 0.25) is 5.02 Å². The summed E-state index contributed by atoms with van der Waals surface area (Å²) in [4.78, 5) is 0. The van der Waals surface area contributed by atoms with Crippen molar-refractivity contribution < 1.29 is 4.42 Å². The first kappa shape index (κ1) is 17.2. The Bertz CT molecular complexity index is 839. The van der Waals surface area contributed by atoms with Gasteiger partial charge in [0.1, 0.15) is 0 Å². The van der Waals surface area contributed by atoms with Crippen LogP contribution in [0.25, 0.3) is 0 Å². The minimum absolute atomic E-state index is 0.0844. The molecule has 0 saturated heterocycles. The van der Waals surface area contributed by atoms with E-state index in [1.807, 2.05) is 36.3 Å². The third-order valence-electron chi connectivity index (χ3n) is 3.80. The van der Waals surface area contributed by atoms with Crippen LogP contribution in [0.15, 0.2) is 21.3 Å². The van der Waals surface area contributed by atoms with Gasteiger partial charge >= 0.3 is 0 Å². The summed E-state index contributed by atoms with van der Waals surface area (Å²) in [5.74, 6) is 1.30. The maximum atomic E-state index is 6.16. The van der Waals surface area contributed by atoms with Gasteiger partial charge in [-0.05, 0) is 29.8 Å². The van der Waals surface area contributed by atoms with Crippen LogP contribution >= 0.6 is 27.5 Å². The number of aryl methyl sites for hydroxylation is 3. The molecule has 0 aliphatic carbocycles. The molecule has 1 atom stereocenters. The van der Waals surface area contributed by atoms with E-state index in [-0.39, 0.29) is 5.92 Å². The molecule has 0 amide bonds. The third kappa shape index (κ3) is 3.70. The Morgan fingerprint density at radius 2 is 2.12 bits per heavy atom. The number of halogens is 2. The van der Waals surface area contributed by atoms with Crippen molar-refractivity contribution in [3.05, 3.63) is 45.1 Å². The van der Waals surface area contributed by atoms with E-state index in [9.17, 15) is 0 Å². The molecular weight excluding hydrogens is 396 g/mol. The number of aromatic nitrogens is 6. The second-order valence-electron chi connectivity index (χ2n) is 5.77. The van der Waals surface area contributed by atoms with E-state index in [1.165, 1.54) is 0 Å². The fourth-order valence-corrected chi connectivity index (χ4v) is 2.92. The summed E-state index contributed by atoms with van der Waals surface area (Å²) in [6, 6.07) is 0. The highest BCUT2D eigenvalue weighted by Gasteiger charge is 2.16. The predicted molar refractivity (Wildman–Crippen MR) is 93.1 cm³/mol. The zero-order valence-electron chi connectivity index (χ0n) is 13.7. The lowest BCUT2D eigenvalue weighted by Gasteiger charge is -2.06. The maximum Gasteiger partial charge on any atom is 0.221 e. The molecule has 7 nitrogen and oxygen atoms in total. The highest BCUT2D eigenvalue weighted by Crippen LogP contribution is 2.20. The van der Waals surface area contributed by atoms with Gasteiger partial charge in [0.15, 0.2) is 0 Å². The molecule has 0 spiro atoms. The Kier molecular flexibility index (Phi) is 5.05. The lowest BCUT2D eigenvalue weighted by atomic mass is 10.2. The van der Waals surface area contributed by atoms with Gasteiger partial charge in [0.05, 0.1) is 39.5 Å². The molecule has 3 heterocycles. The van der Waals surface area contributed by atoms with Crippen molar-refractivity contribution in [1.82, 2.24) is 29.8 Å². The second-order valence-corrected chi connectivity index (χ2v) is 7.07. The Labute approximate surface area is 153 Å². The van der Waals surface area contributed by atoms with Crippen LogP contribution in [0, 0.1) is 13.8 Å². The van der Waals surface area contributed by atoms with E-state index in [1.54, 1.807) is 6.20 Å². The van der Waals surface area contributed by atoms with Gasteiger partial charge in [0.2, 0.25) is 11.8 Å². The van der Waals surface area contributed by atoms with E-state index in [0.29, 0.717) is 36.3 Å². The molecule has 0 fully saturated rings. The summed E-state index contributed by atoms with van der Waals surface area (Å²) in [6.07, 6.45) is 4.29. The van der Waals surface area contributed by atoms with Gasteiger partial charge in [0, 0.05) is 19.2 Å². The molecule has 9 heteroatoms. The molecule has 1 unspecified atom stereocenters. The normalized spacial score (nSPS) is 12.7. The first-order valence-electron chi connectivity index (χ1n) is 7.63. The van der Waals surface area contributed by atoms with Crippen LogP contribution in [0.4, 0.5) is 0 Å². The molecule has 0 aliphatic heterocycles. The first-order chi connectivity index (χ1) is 11.4. The van der Waals surface area contributed by atoms with E-state index in [4.69, 9.17) is 16.0 Å². The third-order valence-corrected chi connectivity index (χ3v) is 4.75. The lowest BCUT2D eigenvalue weighted by molar-refractivity contribution is 0.387. The summed E-state index contributed by atoms with van der Waals surface area (Å²) in [5.41, 5.74) is 1.78. The zero-order chi connectivity index (χ0) is 17.3. The summed E-state index contributed by atoms with van der Waals surface area (Å²) in [5, 5.41) is 17.6. The molecule has 24 heavy (non-hydrogen) atoms. The second kappa shape index (κ2) is 7.06. The summed E-state index contributed by atoms with van der Waals surface area (Å²) in [6.45, 7) is 7.22. The van der Waals surface area contributed by atoms with Crippen LogP contribution in [-0.2, 0) is 19.5 Å². The van der Waals surface area contributed by atoms with Crippen LogP contribution in [0.3, 0.4) is 0 Å². The quantitative estimate of drug-likeness (QED) is 0.618. The van der Waals surface area contributed by atoms with E-state index >= 15 is 0 Å². The Hall–Kier alpha value is -1.67. The fourth-order valence-electron chi connectivity index (χ4n) is 2.46. The van der Waals surface area contributed by atoms with Gasteiger partial charge in [-0.15, -0.1) is 10.2 Å². The van der Waals surface area contributed by atoms with Gasteiger partial charge < -0.3 is 4.42 Å². The minimum atomic E-state index is 0.0844. The molecule has 0 bridgehead atoms. The summed E-state index contributed by atoms with van der Waals surface area (Å²) < 4.78 is 10.4. The van der Waals surface area contributed by atoms with Crippen LogP contribution in [0.5, 0.6) is 0 Å². The van der Waals surface area contributed by atoms with Crippen molar-refractivity contribution in [2.24, 2.45) is 0 Å². The first-order valence-corrected chi connectivity index (χ1v) is 8.81. The van der Waals surface area contributed by atoms with Crippen LogP contribution < -0.4 is 0 Å². The van der Waals surface area contributed by atoms with Gasteiger partial charge in [-0.3, -0.25) is 9.36 Å². The molecule has 0 N–H and O–H groups in total. The Balaban J connectivity index is 1.61. The SMILES string of the molecule is Cc1nn(CCc2nnc(C(C)Cn3cc(Br)cn3)o2)c(C)c1Cl. The van der Waals surface area contributed by atoms with Crippen molar-refractivity contribution >= 4 is 27.5 Å². The fraction of sp³-hybridized carbons (Fsp3) is 0.467. The molecule has 3 aromatic rings. The average Bonchev–Trinajstić information content (AvgIpc) is 3.23. The van der Waals surface area contributed by atoms with Crippen molar-refractivity contribution in [3.8, 4) is 0 Å². The van der Waals surface area contributed by atoms with Gasteiger partial charge in [-0.2, -0.15) is 10.2 Å². The van der Waals surface area contributed by atoms with E-state index in [0.717, 1.165) is 15.9 Å². The molecule has 0 saturated carbocycles. The summed E-state index contributed by atoms with van der Waals surface area (Å²) >= 11 is 9.54. The maximum absolute atomic E-state index is 6.16. The number of hydrogen-bond donors (Lipinski definition) is 0. The van der Waals surface area contributed by atoms with Gasteiger partial charge in [-0.1, -0.05) is 18.5 Å². The van der Waals surface area contributed by atoms with Crippen molar-refractivity contribution in [2.45, 2.75) is 46.2 Å². The van der Waals surface area contributed by atoms with Crippen LogP contribution in [0.1, 0.15) is 36.0 Å². The monoisotopic (exact) mass is 412 g/mol. The molecule has 0 aromatic carbocycles. The van der Waals surface area contributed by atoms with Crippen molar-refractivity contribution in [2.75, 3.05) is 0 Å². The number of hydrogen-bond acceptors (Lipinski definition) is 5. The van der Waals surface area contributed by atoms with Crippen molar-refractivity contribution in [1.29, 1.82) is 0 Å². The standard InChI is InChI=1S/C15H18BrClN6O/c1-9(7-22-8-12(16)6-18-22)15-20-19-13(24-15)4-5-23-11(3)14(17)10(2)21-23/h6,8-9H,4-5,7H2,1-3H3. The Morgan fingerprint density at radius 1 is 1.33 bits per heavy atom. The molecule has 0 aliphatic rings. The van der Waals surface area contributed by atoms with Crippen molar-refractivity contribution in [3.63, 3.8) is 0 Å². The van der Waals surface area contributed by atoms with Gasteiger partial charge in [0.25, 0.3) is 0 Å². The largest absolute Gasteiger partial charge is 0.425 e. The van der Waals surface area contributed by atoms with Crippen LogP contribution in [-0.4, -0.2) is 29.8 Å². The summed E-state index contributed by atoms with van der Waals surface area (Å²) in [7, 11) is 0. The number of rotatable bonds is 6. The van der Waals surface area contributed by atoms with E-state index in [2.05, 4.69) is 36.3 Å². The Morgan fingerprint density at radius 3 is 2.75 bits per heavy atom. The number of nitrogens with zero attached hydrogens (tertiary/aromatic N) is 6. The average molecular weight is 414 g/mol. The molecule has 3 aromatic heterocycles. The molecule has 3 rings (SSSR count). The smallest absolute Gasteiger partial charge is 0.221 e. The van der Waals surface area contributed by atoms with Gasteiger partial charge in [-0.25, -0.2) is 0 Å². The molecule has 128 valence electrons. The predicted octanol–water partition coefficient (Wildman–Crippen LogP) is 3.54. The minimum Gasteiger partial charge on any atom is -0.425 e. The molecular formula is C15H18BrClN6O. The molecule has 0 radical (unpaired) electrons. The highest BCUT2D eigenvalue weighted by molar-refractivity contribution is 9.10. The topological polar surface area (TPSA) is 74.6 Å². The zero-order valence-corrected chi connectivity index (χ0v) is 16.0.